The number of aromatic nitrogens is 1. The normalized spacial score (nSPS) is 21.3. The highest BCUT2D eigenvalue weighted by molar-refractivity contribution is 6.07. The number of para-hydroxylation sites is 1. The Morgan fingerprint density at radius 2 is 1.97 bits per heavy atom. The van der Waals surface area contributed by atoms with Crippen LogP contribution < -0.4 is 5.32 Å². The zero-order valence-electron chi connectivity index (χ0n) is 19.5. The molecular weight excluding hydrogens is 428 g/mol. The van der Waals surface area contributed by atoms with E-state index in [-0.39, 0.29) is 18.6 Å². The minimum absolute atomic E-state index is 0.156. The van der Waals surface area contributed by atoms with Crippen molar-refractivity contribution in [3.8, 4) is 0 Å². The summed E-state index contributed by atoms with van der Waals surface area (Å²) >= 11 is 0. The van der Waals surface area contributed by atoms with Gasteiger partial charge >= 0.3 is 5.97 Å². The molecule has 0 spiro atoms. The van der Waals surface area contributed by atoms with Gasteiger partial charge in [0.25, 0.3) is 5.91 Å². The molecule has 1 saturated carbocycles. The maximum atomic E-state index is 13.3. The number of benzene rings is 1. The van der Waals surface area contributed by atoms with E-state index >= 15 is 0 Å². The number of pyridine rings is 1. The quantitative estimate of drug-likeness (QED) is 0.507. The predicted molar refractivity (Wildman–Crippen MR) is 131 cm³/mol. The highest BCUT2D eigenvalue weighted by Gasteiger charge is 2.27. The Kier molecular flexibility index (Phi) is 6.48. The van der Waals surface area contributed by atoms with E-state index in [9.17, 15) is 9.59 Å². The molecule has 1 amide bonds. The van der Waals surface area contributed by atoms with Gasteiger partial charge < -0.3 is 14.5 Å². The molecule has 0 radical (unpaired) electrons. The zero-order valence-corrected chi connectivity index (χ0v) is 19.5. The maximum absolute atomic E-state index is 13.3. The third-order valence-corrected chi connectivity index (χ3v) is 7.03. The lowest BCUT2D eigenvalue weighted by atomic mass is 9.86. The fourth-order valence-corrected chi connectivity index (χ4v) is 5.24. The monoisotopic (exact) mass is 458 g/mol. The fourth-order valence-electron chi connectivity index (χ4n) is 5.24. The van der Waals surface area contributed by atoms with Gasteiger partial charge in [0, 0.05) is 11.4 Å². The summed E-state index contributed by atoms with van der Waals surface area (Å²) in [5.41, 5.74) is 3.99. The van der Waals surface area contributed by atoms with Gasteiger partial charge in [-0.1, -0.05) is 38.0 Å². The molecule has 1 N–H and O–H groups in total. The van der Waals surface area contributed by atoms with Crippen LogP contribution in [0.15, 0.2) is 47.1 Å². The van der Waals surface area contributed by atoms with Crippen molar-refractivity contribution in [2.75, 3.05) is 6.61 Å². The lowest BCUT2D eigenvalue weighted by molar-refractivity contribution is -0.125. The molecule has 0 unspecified atom stereocenters. The van der Waals surface area contributed by atoms with Crippen LogP contribution in [0.25, 0.3) is 22.6 Å². The summed E-state index contributed by atoms with van der Waals surface area (Å²) in [6.07, 6.45) is 10.6. The Morgan fingerprint density at radius 3 is 2.79 bits per heavy atom. The lowest BCUT2D eigenvalue weighted by Crippen LogP contribution is -2.42. The van der Waals surface area contributed by atoms with Crippen molar-refractivity contribution < 1.29 is 18.7 Å². The first-order valence-electron chi connectivity index (χ1n) is 12.2. The van der Waals surface area contributed by atoms with Gasteiger partial charge in [0.15, 0.2) is 6.61 Å². The minimum atomic E-state index is -0.471. The topological polar surface area (TPSA) is 81.4 Å². The highest BCUT2D eigenvalue weighted by Crippen LogP contribution is 2.36. The van der Waals surface area contributed by atoms with Crippen molar-refractivity contribution >= 4 is 34.4 Å². The Labute approximate surface area is 199 Å². The van der Waals surface area contributed by atoms with Crippen LogP contribution in [0.3, 0.4) is 0 Å². The molecule has 6 heteroatoms. The Balaban J connectivity index is 1.42. The van der Waals surface area contributed by atoms with Crippen LogP contribution in [0.5, 0.6) is 0 Å². The van der Waals surface area contributed by atoms with E-state index < -0.39 is 5.97 Å². The number of nitrogens with one attached hydrogen (secondary N) is 1. The van der Waals surface area contributed by atoms with Crippen LogP contribution in [0.2, 0.25) is 0 Å². The van der Waals surface area contributed by atoms with Crippen LogP contribution in [0.1, 0.15) is 72.8 Å². The number of carbonyl (C=O) groups excluding carboxylic acids is 2. The maximum Gasteiger partial charge on any atom is 0.339 e. The van der Waals surface area contributed by atoms with E-state index in [0.717, 1.165) is 72.0 Å². The highest BCUT2D eigenvalue weighted by atomic mass is 16.5. The first-order chi connectivity index (χ1) is 16.6. The number of hydrogen-bond donors (Lipinski definition) is 1. The van der Waals surface area contributed by atoms with Gasteiger partial charge in [-0.2, -0.15) is 0 Å². The van der Waals surface area contributed by atoms with Crippen LogP contribution in [0, 0.1) is 5.92 Å². The fraction of sp³-hybridized carbons (Fsp3) is 0.393. The number of ether oxygens (including phenoxy) is 1. The summed E-state index contributed by atoms with van der Waals surface area (Å²) in [7, 11) is 0. The largest absolute Gasteiger partial charge is 0.465 e. The summed E-state index contributed by atoms with van der Waals surface area (Å²) in [6.45, 7) is 1.89. The second-order valence-electron chi connectivity index (χ2n) is 9.38. The van der Waals surface area contributed by atoms with Gasteiger partial charge in [0.2, 0.25) is 0 Å². The van der Waals surface area contributed by atoms with E-state index in [1.165, 1.54) is 6.42 Å². The third kappa shape index (κ3) is 4.63. The van der Waals surface area contributed by atoms with E-state index in [0.29, 0.717) is 11.5 Å². The van der Waals surface area contributed by atoms with Crippen molar-refractivity contribution in [2.24, 2.45) is 5.92 Å². The average Bonchev–Trinajstić information content (AvgIpc) is 3.36. The van der Waals surface area contributed by atoms with Crippen molar-refractivity contribution in [1.82, 2.24) is 10.3 Å². The molecule has 1 fully saturated rings. The number of furan rings is 1. The third-order valence-electron chi connectivity index (χ3n) is 7.03. The molecule has 2 heterocycles. The average molecular weight is 459 g/mol. The molecule has 5 rings (SSSR count). The molecule has 2 atom stereocenters. The molecule has 176 valence electrons. The van der Waals surface area contributed by atoms with Crippen molar-refractivity contribution in [1.29, 1.82) is 0 Å². The number of allylic oxidation sites excluding steroid dienone is 1. The molecule has 3 aromatic rings. The van der Waals surface area contributed by atoms with Gasteiger partial charge in [0.05, 0.1) is 23.0 Å². The number of carbonyl (C=O) groups is 2. The number of amides is 1. The van der Waals surface area contributed by atoms with E-state index in [1.807, 2.05) is 42.5 Å². The number of nitrogens with zero attached hydrogens (tertiary/aromatic N) is 1. The first-order valence-corrected chi connectivity index (χ1v) is 12.2. The van der Waals surface area contributed by atoms with Gasteiger partial charge in [-0.3, -0.25) is 4.79 Å². The van der Waals surface area contributed by atoms with E-state index in [4.69, 9.17) is 14.1 Å². The molecule has 1 aromatic carbocycles. The molecular formula is C28H30N2O4. The number of esters is 1. The van der Waals surface area contributed by atoms with Gasteiger partial charge in [0.1, 0.15) is 5.76 Å². The molecule has 0 saturated heterocycles. The smallest absolute Gasteiger partial charge is 0.339 e. The van der Waals surface area contributed by atoms with Crippen molar-refractivity contribution in [3.05, 3.63) is 65.2 Å². The van der Waals surface area contributed by atoms with Crippen molar-refractivity contribution in [2.45, 2.75) is 57.9 Å². The van der Waals surface area contributed by atoms with Crippen LogP contribution in [-0.4, -0.2) is 29.5 Å². The summed E-state index contributed by atoms with van der Waals surface area (Å²) < 4.78 is 11.1. The summed E-state index contributed by atoms with van der Waals surface area (Å²) in [5.74, 6) is 0.498. The Morgan fingerprint density at radius 1 is 1.12 bits per heavy atom. The van der Waals surface area contributed by atoms with Crippen LogP contribution in [-0.2, 0) is 16.0 Å². The number of hydrogen-bond acceptors (Lipinski definition) is 5. The summed E-state index contributed by atoms with van der Waals surface area (Å²) in [6, 6.07) is 11.5. The van der Waals surface area contributed by atoms with Crippen LogP contribution in [0.4, 0.5) is 0 Å². The summed E-state index contributed by atoms with van der Waals surface area (Å²) in [5, 5.41) is 3.82. The molecule has 2 aliphatic carbocycles. The van der Waals surface area contributed by atoms with Gasteiger partial charge in [-0.15, -0.1) is 0 Å². The molecule has 34 heavy (non-hydrogen) atoms. The molecule has 0 aliphatic heterocycles. The molecule has 2 aliphatic rings. The molecule has 6 nitrogen and oxygen atoms in total. The standard InChI is InChI=1S/C28H30N2O4/c1-18-8-2-4-13-23(18)29-25(31)17-34-28(32)26-21-11-3-5-14-24(21)30-27-19(9-6-12-22(26)27)16-20-10-7-15-33-20/h3,5,7,10-11,14-16,18,23H,2,4,6,8-9,12-13,17H2,1H3,(H,29,31)/b19-16+/t18-,23+/m0/s1. The summed E-state index contributed by atoms with van der Waals surface area (Å²) in [4.78, 5) is 30.8. The van der Waals surface area contributed by atoms with Crippen LogP contribution >= 0.6 is 0 Å². The second-order valence-corrected chi connectivity index (χ2v) is 9.38. The Hall–Kier alpha value is -3.41. The van der Waals surface area contributed by atoms with Gasteiger partial charge in [-0.25, -0.2) is 9.78 Å². The number of rotatable bonds is 5. The Bertz CT molecular complexity index is 1230. The lowest BCUT2D eigenvalue weighted by Gasteiger charge is -2.29. The van der Waals surface area contributed by atoms with E-state index in [1.54, 1.807) is 6.26 Å². The minimum Gasteiger partial charge on any atom is -0.465 e. The number of fused-ring (bicyclic) bond motifs is 2. The molecule has 0 bridgehead atoms. The second kappa shape index (κ2) is 9.84. The first kappa shape index (κ1) is 22.4. The van der Waals surface area contributed by atoms with Gasteiger partial charge in [-0.05, 0) is 73.4 Å². The zero-order chi connectivity index (χ0) is 23.5. The van der Waals surface area contributed by atoms with Crippen molar-refractivity contribution in [3.63, 3.8) is 0 Å². The molecule has 2 aromatic heterocycles. The SMILES string of the molecule is C[C@H]1CCCC[C@H]1NC(=O)COC(=O)c1c2c(nc3ccccc13)/C(=C/c1ccco1)CCC2. The van der Waals surface area contributed by atoms with E-state index in [2.05, 4.69) is 12.2 Å². The predicted octanol–water partition coefficient (Wildman–Crippen LogP) is 5.56.